The Morgan fingerprint density at radius 3 is 2.23 bits per heavy atom. The number of hydrogen-bond acceptors (Lipinski definition) is 2. The molecule has 142 valence electrons. The molecule has 1 spiro atoms. The Morgan fingerprint density at radius 1 is 1.00 bits per heavy atom. The molecule has 3 nitrogen and oxygen atoms in total. The Bertz CT molecular complexity index is 725. The lowest BCUT2D eigenvalue weighted by molar-refractivity contribution is -0.0931. The van der Waals surface area contributed by atoms with Gasteiger partial charge in [0.05, 0.1) is 5.60 Å². The molecule has 0 bridgehead atoms. The molecule has 2 aliphatic rings. The fraction of sp³-hybridized carbons (Fsp3) is 0.429. The van der Waals surface area contributed by atoms with Gasteiger partial charge < -0.3 is 15.1 Å². The third-order valence-electron chi connectivity index (χ3n) is 5.74. The van der Waals surface area contributed by atoms with Gasteiger partial charge in [-0.3, -0.25) is 0 Å². The summed E-state index contributed by atoms with van der Waals surface area (Å²) < 4.78 is 6.75. The summed E-state index contributed by atoms with van der Waals surface area (Å²) in [5, 5.41) is 0.770. The van der Waals surface area contributed by atoms with Gasteiger partial charge in [-0.05, 0) is 68.6 Å². The number of hydrogen-bond donors (Lipinski definition) is 0. The molecule has 2 aromatic carbocycles. The van der Waals surface area contributed by atoms with Gasteiger partial charge in [0.25, 0.3) is 0 Å². The molecule has 5 heteroatoms. The van der Waals surface area contributed by atoms with Crippen LogP contribution in [0.15, 0.2) is 48.5 Å². The highest BCUT2D eigenvalue weighted by molar-refractivity contribution is 6.30. The number of nitrogens with zero attached hydrogens (tertiary/aromatic N) is 1. The zero-order valence-corrected chi connectivity index (χ0v) is 16.8. The molecule has 0 amide bonds. The highest BCUT2D eigenvalue weighted by Gasteiger charge is 2.47. The van der Waals surface area contributed by atoms with Crippen LogP contribution in [-0.4, -0.2) is 30.5 Å². The first kappa shape index (κ1) is 21.2. The smallest absolute Gasteiger partial charge is 0.109 e. The maximum absolute atomic E-state index is 6.75. The fourth-order valence-electron chi connectivity index (χ4n) is 4.35. The molecule has 1 saturated carbocycles. The van der Waals surface area contributed by atoms with Crippen molar-refractivity contribution in [3.63, 3.8) is 0 Å². The van der Waals surface area contributed by atoms with Gasteiger partial charge in [-0.25, -0.2) is 0 Å². The lowest BCUT2D eigenvalue weighted by atomic mass is 9.77. The molecule has 1 aliphatic heterocycles. The minimum Gasteiger partial charge on any atom is -0.412 e. The van der Waals surface area contributed by atoms with E-state index in [1.807, 2.05) is 12.1 Å². The van der Waals surface area contributed by atoms with Gasteiger partial charge in [-0.2, -0.15) is 0 Å². The van der Waals surface area contributed by atoms with Crippen LogP contribution in [0.4, 0.5) is 0 Å². The molecule has 1 aliphatic carbocycles. The number of fused-ring (bicyclic) bond motifs is 2. The van der Waals surface area contributed by atoms with Gasteiger partial charge in [-0.1, -0.05) is 48.0 Å². The van der Waals surface area contributed by atoms with Crippen LogP contribution in [0.25, 0.3) is 0 Å². The molecule has 2 aromatic rings. The summed E-state index contributed by atoms with van der Waals surface area (Å²) in [5.74, 6) is 0. The number of benzene rings is 2. The Hall–Kier alpha value is -1.10. The first-order valence-electron chi connectivity index (χ1n) is 8.78. The van der Waals surface area contributed by atoms with E-state index in [0.29, 0.717) is 6.04 Å². The van der Waals surface area contributed by atoms with Gasteiger partial charge in [-0.15, -0.1) is 12.4 Å². The van der Waals surface area contributed by atoms with Crippen molar-refractivity contribution in [2.45, 2.75) is 43.4 Å². The van der Waals surface area contributed by atoms with Crippen molar-refractivity contribution < 1.29 is 10.2 Å². The van der Waals surface area contributed by atoms with Gasteiger partial charge in [0.1, 0.15) is 6.10 Å². The molecular weight excluding hydrogens is 369 g/mol. The van der Waals surface area contributed by atoms with Crippen molar-refractivity contribution in [1.29, 1.82) is 0 Å². The topological polar surface area (TPSA) is 44.0 Å². The maximum atomic E-state index is 6.75. The molecule has 0 radical (unpaired) electrons. The van der Waals surface area contributed by atoms with Crippen molar-refractivity contribution in [3.05, 3.63) is 70.2 Å². The highest BCUT2D eigenvalue weighted by Crippen LogP contribution is 2.53. The van der Waals surface area contributed by atoms with E-state index in [1.54, 1.807) is 0 Å². The first-order valence-corrected chi connectivity index (χ1v) is 9.16. The van der Waals surface area contributed by atoms with Crippen molar-refractivity contribution in [3.8, 4) is 0 Å². The molecular formula is C21H27Cl2NO2. The van der Waals surface area contributed by atoms with Crippen LogP contribution in [0.2, 0.25) is 5.02 Å². The fourth-order valence-corrected chi connectivity index (χ4v) is 4.48. The molecule has 26 heavy (non-hydrogen) atoms. The molecule has 0 saturated heterocycles. The van der Waals surface area contributed by atoms with E-state index in [9.17, 15) is 0 Å². The van der Waals surface area contributed by atoms with Crippen molar-refractivity contribution in [2.75, 3.05) is 14.1 Å². The van der Waals surface area contributed by atoms with E-state index in [2.05, 4.69) is 55.4 Å². The highest BCUT2D eigenvalue weighted by atomic mass is 35.5. The summed E-state index contributed by atoms with van der Waals surface area (Å²) in [6.07, 6.45) is 4.59. The summed E-state index contributed by atoms with van der Waals surface area (Å²) in [7, 11) is 4.37. The van der Waals surface area contributed by atoms with Crippen LogP contribution in [-0.2, 0) is 10.3 Å². The van der Waals surface area contributed by atoms with Crippen LogP contribution in [0.5, 0.6) is 0 Å². The molecule has 1 heterocycles. The Morgan fingerprint density at radius 2 is 1.62 bits per heavy atom. The molecule has 2 N–H and O–H groups in total. The van der Waals surface area contributed by atoms with Crippen LogP contribution in [0.1, 0.15) is 48.5 Å². The maximum Gasteiger partial charge on any atom is 0.109 e. The average molecular weight is 396 g/mol. The van der Waals surface area contributed by atoms with Gasteiger partial charge in [0.15, 0.2) is 0 Å². The molecule has 1 fully saturated rings. The summed E-state index contributed by atoms with van der Waals surface area (Å²) in [5.41, 5.74) is 3.79. The van der Waals surface area contributed by atoms with Crippen molar-refractivity contribution in [1.82, 2.24) is 4.90 Å². The first-order chi connectivity index (χ1) is 11.6. The van der Waals surface area contributed by atoms with E-state index < -0.39 is 0 Å². The predicted octanol–water partition coefficient (Wildman–Crippen LogP) is 4.76. The van der Waals surface area contributed by atoms with Crippen LogP contribution in [0.3, 0.4) is 0 Å². The van der Waals surface area contributed by atoms with Crippen molar-refractivity contribution in [2.24, 2.45) is 0 Å². The second kappa shape index (κ2) is 8.28. The normalized spacial score (nSPS) is 26.9. The largest absolute Gasteiger partial charge is 0.412 e. The summed E-state index contributed by atoms with van der Waals surface area (Å²) >= 11 is 6.06. The molecule has 0 aromatic heterocycles. The SMILES string of the molecule is CN(C)C1CCC2(CC1)O[C@H](c1ccc(Cl)cc1)c1ccccc12.Cl.O. The summed E-state index contributed by atoms with van der Waals surface area (Å²) in [6.45, 7) is 0. The Labute approximate surface area is 167 Å². The molecule has 4 rings (SSSR count). The lowest BCUT2D eigenvalue weighted by Gasteiger charge is -2.40. The van der Waals surface area contributed by atoms with Crippen molar-refractivity contribution >= 4 is 24.0 Å². The van der Waals surface area contributed by atoms with Gasteiger partial charge in [0.2, 0.25) is 0 Å². The van der Waals surface area contributed by atoms with Crippen LogP contribution >= 0.6 is 24.0 Å². The third kappa shape index (κ3) is 3.64. The summed E-state index contributed by atoms with van der Waals surface area (Å²) in [6, 6.07) is 17.5. The van der Waals surface area contributed by atoms with Crippen LogP contribution < -0.4 is 0 Å². The number of ether oxygens (including phenoxy) is 1. The predicted molar refractivity (Wildman–Crippen MR) is 109 cm³/mol. The van der Waals surface area contributed by atoms with Gasteiger partial charge in [0, 0.05) is 11.1 Å². The zero-order valence-electron chi connectivity index (χ0n) is 15.2. The van der Waals surface area contributed by atoms with E-state index in [1.165, 1.54) is 29.5 Å². The molecule has 0 unspecified atom stereocenters. The lowest BCUT2D eigenvalue weighted by Crippen LogP contribution is -2.39. The quantitative estimate of drug-likeness (QED) is 0.735. The van der Waals surface area contributed by atoms with E-state index in [4.69, 9.17) is 16.3 Å². The van der Waals surface area contributed by atoms with Crippen LogP contribution in [0, 0.1) is 0 Å². The second-order valence-electron chi connectivity index (χ2n) is 7.33. The average Bonchev–Trinajstić information content (AvgIpc) is 2.91. The Kier molecular flexibility index (Phi) is 6.75. The van der Waals surface area contributed by atoms with Gasteiger partial charge >= 0.3 is 0 Å². The standard InChI is InChI=1S/C21H24ClNO.ClH.H2O/c1-23(2)17-11-13-21(14-12-17)19-6-4-3-5-18(19)20(24-21)15-7-9-16(22)10-8-15;;/h3-10,17,20H,11-14H2,1-2H3;1H;1H2/t17?,20-,21?;;/m1../s1. The zero-order chi connectivity index (χ0) is 16.7. The minimum atomic E-state index is -0.118. The monoisotopic (exact) mass is 395 g/mol. The van der Waals surface area contributed by atoms with E-state index in [-0.39, 0.29) is 29.6 Å². The molecule has 1 atom stereocenters. The Balaban J connectivity index is 0.00000121. The van der Waals surface area contributed by atoms with E-state index >= 15 is 0 Å². The second-order valence-corrected chi connectivity index (χ2v) is 7.76. The van der Waals surface area contributed by atoms with E-state index in [0.717, 1.165) is 17.9 Å². The third-order valence-corrected chi connectivity index (χ3v) is 6.00. The minimum absolute atomic E-state index is 0. The number of halogens is 2. The number of rotatable bonds is 2. The summed E-state index contributed by atoms with van der Waals surface area (Å²) in [4.78, 5) is 2.35.